The molecule has 0 aromatic heterocycles. The molecule has 0 spiro atoms. The number of carbonyl (C=O) groups is 1. The highest BCUT2D eigenvalue weighted by atomic mass is 32.1. The summed E-state index contributed by atoms with van der Waals surface area (Å²) in [6.45, 7) is 4.29. The lowest BCUT2D eigenvalue weighted by atomic mass is 9.98. The van der Waals surface area contributed by atoms with Gasteiger partial charge in [-0.15, -0.1) is 0 Å². The largest absolute Gasteiger partial charge is 0.394 e. The van der Waals surface area contributed by atoms with Gasteiger partial charge >= 0.3 is 5.97 Å². The van der Waals surface area contributed by atoms with Crippen molar-refractivity contribution in [2.45, 2.75) is 90.9 Å². The van der Waals surface area contributed by atoms with E-state index in [-0.39, 0.29) is 11.9 Å². The van der Waals surface area contributed by atoms with Gasteiger partial charge in [0.15, 0.2) is 0 Å². The standard InChI is InChI=1S/C16H32O2S/c1-3-5-6-7-8-9-10-11-12-13-14-15(4-2)16(17)18-19/h15,19H,3-14H2,1-2H3. The Hall–Kier alpha value is -0.180. The van der Waals surface area contributed by atoms with Crippen molar-refractivity contribution >= 4 is 18.9 Å². The molecule has 0 aromatic rings. The van der Waals surface area contributed by atoms with Gasteiger partial charge in [-0.25, -0.2) is 0 Å². The van der Waals surface area contributed by atoms with Crippen molar-refractivity contribution in [3.8, 4) is 0 Å². The van der Waals surface area contributed by atoms with Crippen molar-refractivity contribution in [1.29, 1.82) is 0 Å². The van der Waals surface area contributed by atoms with Crippen LogP contribution in [0.15, 0.2) is 0 Å². The molecule has 1 atom stereocenters. The summed E-state index contributed by atoms with van der Waals surface area (Å²) in [5.41, 5.74) is 0. The smallest absolute Gasteiger partial charge is 0.320 e. The number of hydrogen-bond acceptors (Lipinski definition) is 3. The van der Waals surface area contributed by atoms with E-state index in [4.69, 9.17) is 0 Å². The topological polar surface area (TPSA) is 26.3 Å². The first-order valence-corrected chi connectivity index (χ1v) is 8.48. The van der Waals surface area contributed by atoms with E-state index in [1.54, 1.807) is 0 Å². The highest BCUT2D eigenvalue weighted by Gasteiger charge is 2.16. The second-order valence-corrected chi connectivity index (χ2v) is 5.67. The van der Waals surface area contributed by atoms with Gasteiger partial charge in [-0.05, 0) is 12.8 Å². The molecule has 114 valence electrons. The van der Waals surface area contributed by atoms with Crippen molar-refractivity contribution in [2.75, 3.05) is 0 Å². The molecule has 0 aliphatic heterocycles. The predicted octanol–water partition coefficient (Wildman–Crippen LogP) is 5.71. The summed E-state index contributed by atoms with van der Waals surface area (Å²) in [4.78, 5) is 11.3. The third-order valence-electron chi connectivity index (χ3n) is 3.82. The van der Waals surface area contributed by atoms with Crippen LogP contribution < -0.4 is 0 Å². The molecular formula is C16H32O2S. The summed E-state index contributed by atoms with van der Waals surface area (Å²) in [5.74, 6) is -0.117. The zero-order valence-electron chi connectivity index (χ0n) is 12.8. The summed E-state index contributed by atoms with van der Waals surface area (Å²) < 4.78 is 4.50. The van der Waals surface area contributed by atoms with Gasteiger partial charge in [0.2, 0.25) is 0 Å². The Balaban J connectivity index is 3.28. The van der Waals surface area contributed by atoms with Crippen LogP contribution in [-0.2, 0) is 8.98 Å². The number of carbonyl (C=O) groups excluding carboxylic acids is 1. The number of rotatable bonds is 13. The molecular weight excluding hydrogens is 256 g/mol. The second-order valence-electron chi connectivity index (χ2n) is 5.49. The molecule has 0 heterocycles. The Morgan fingerprint density at radius 1 is 0.895 bits per heavy atom. The summed E-state index contributed by atoms with van der Waals surface area (Å²) in [5, 5.41) is 0. The maximum atomic E-state index is 11.3. The quantitative estimate of drug-likeness (QED) is 0.267. The highest BCUT2D eigenvalue weighted by molar-refractivity contribution is 7.75. The summed E-state index contributed by atoms with van der Waals surface area (Å²) in [7, 11) is 0. The van der Waals surface area contributed by atoms with E-state index in [1.165, 1.54) is 57.8 Å². The van der Waals surface area contributed by atoms with E-state index in [1.807, 2.05) is 6.92 Å². The second kappa shape index (κ2) is 14.2. The average molecular weight is 288 g/mol. The van der Waals surface area contributed by atoms with Crippen LogP contribution in [0.2, 0.25) is 0 Å². The van der Waals surface area contributed by atoms with Crippen molar-refractivity contribution in [3.63, 3.8) is 0 Å². The Morgan fingerprint density at radius 2 is 1.37 bits per heavy atom. The van der Waals surface area contributed by atoms with Gasteiger partial charge in [0.25, 0.3) is 0 Å². The molecule has 0 rings (SSSR count). The van der Waals surface area contributed by atoms with E-state index in [2.05, 4.69) is 24.0 Å². The molecule has 0 radical (unpaired) electrons. The molecule has 0 saturated heterocycles. The molecule has 0 amide bonds. The zero-order valence-corrected chi connectivity index (χ0v) is 13.7. The Morgan fingerprint density at radius 3 is 1.79 bits per heavy atom. The van der Waals surface area contributed by atoms with Gasteiger partial charge in [-0.3, -0.25) is 4.79 Å². The maximum absolute atomic E-state index is 11.3. The van der Waals surface area contributed by atoms with Gasteiger partial charge in [-0.2, -0.15) is 0 Å². The Kier molecular flexibility index (Phi) is 14.1. The van der Waals surface area contributed by atoms with Crippen molar-refractivity contribution < 1.29 is 8.98 Å². The molecule has 0 aliphatic carbocycles. The third kappa shape index (κ3) is 11.4. The fraction of sp³-hybridized carbons (Fsp3) is 0.938. The van der Waals surface area contributed by atoms with E-state index in [0.29, 0.717) is 0 Å². The predicted molar refractivity (Wildman–Crippen MR) is 85.3 cm³/mol. The third-order valence-corrected chi connectivity index (χ3v) is 4.00. The zero-order chi connectivity index (χ0) is 14.3. The summed E-state index contributed by atoms with van der Waals surface area (Å²) in [6.07, 6.45) is 15.1. The van der Waals surface area contributed by atoms with Gasteiger partial charge < -0.3 is 4.18 Å². The van der Waals surface area contributed by atoms with E-state index in [0.717, 1.165) is 19.3 Å². The van der Waals surface area contributed by atoms with Crippen molar-refractivity contribution in [2.24, 2.45) is 5.92 Å². The lowest BCUT2D eigenvalue weighted by Gasteiger charge is -2.10. The molecule has 0 N–H and O–H groups in total. The van der Waals surface area contributed by atoms with Crippen LogP contribution in [0.1, 0.15) is 90.9 Å². The molecule has 0 aromatic carbocycles. The first kappa shape index (κ1) is 18.8. The van der Waals surface area contributed by atoms with Crippen LogP contribution in [0.4, 0.5) is 0 Å². The van der Waals surface area contributed by atoms with Crippen LogP contribution >= 0.6 is 12.9 Å². The van der Waals surface area contributed by atoms with Gasteiger partial charge in [-0.1, -0.05) is 78.1 Å². The molecule has 2 nitrogen and oxygen atoms in total. The Bertz CT molecular complexity index is 207. The van der Waals surface area contributed by atoms with Crippen LogP contribution in [0.3, 0.4) is 0 Å². The molecule has 3 heteroatoms. The fourth-order valence-electron chi connectivity index (χ4n) is 2.44. The van der Waals surface area contributed by atoms with E-state index < -0.39 is 0 Å². The molecule has 19 heavy (non-hydrogen) atoms. The Labute approximate surface area is 125 Å². The van der Waals surface area contributed by atoms with Crippen molar-refractivity contribution in [1.82, 2.24) is 0 Å². The van der Waals surface area contributed by atoms with E-state index >= 15 is 0 Å². The van der Waals surface area contributed by atoms with Crippen molar-refractivity contribution in [3.05, 3.63) is 0 Å². The lowest BCUT2D eigenvalue weighted by Crippen LogP contribution is -2.13. The average Bonchev–Trinajstić information content (AvgIpc) is 2.44. The fourth-order valence-corrected chi connectivity index (χ4v) is 2.59. The molecule has 1 unspecified atom stereocenters. The highest BCUT2D eigenvalue weighted by Crippen LogP contribution is 2.17. The van der Waals surface area contributed by atoms with Gasteiger partial charge in [0.1, 0.15) is 0 Å². The lowest BCUT2D eigenvalue weighted by molar-refractivity contribution is -0.137. The monoisotopic (exact) mass is 288 g/mol. The molecule has 0 fully saturated rings. The minimum Gasteiger partial charge on any atom is -0.394 e. The summed E-state index contributed by atoms with van der Waals surface area (Å²) in [6, 6.07) is 0. The SMILES string of the molecule is CCCCCCCCCCCCC(CC)C(=O)OS. The van der Waals surface area contributed by atoms with Crippen LogP contribution in [0, 0.1) is 5.92 Å². The minimum absolute atomic E-state index is 0.0477. The first-order valence-electron chi connectivity index (χ1n) is 8.11. The molecule has 0 bridgehead atoms. The first-order chi connectivity index (χ1) is 9.26. The molecule has 0 aliphatic rings. The van der Waals surface area contributed by atoms with Gasteiger partial charge in [0, 0.05) is 12.9 Å². The van der Waals surface area contributed by atoms with Crippen LogP contribution in [0.25, 0.3) is 0 Å². The molecule has 0 saturated carbocycles. The maximum Gasteiger partial charge on any atom is 0.320 e. The minimum atomic E-state index is -0.165. The van der Waals surface area contributed by atoms with Crippen LogP contribution in [0.5, 0.6) is 0 Å². The van der Waals surface area contributed by atoms with E-state index in [9.17, 15) is 4.79 Å². The van der Waals surface area contributed by atoms with Gasteiger partial charge in [0.05, 0.1) is 5.92 Å². The normalized spacial score (nSPS) is 12.4. The summed E-state index contributed by atoms with van der Waals surface area (Å²) >= 11 is 3.59. The number of unbranched alkanes of at least 4 members (excludes halogenated alkanes) is 9. The van der Waals surface area contributed by atoms with Crippen LogP contribution in [-0.4, -0.2) is 5.97 Å². The number of thiol groups is 1. The number of hydrogen-bond donors (Lipinski definition) is 1.